The van der Waals surface area contributed by atoms with Crippen LogP contribution in [-0.2, 0) is 13.6 Å². The zero-order valence-corrected chi connectivity index (χ0v) is 9.24. The minimum Gasteiger partial charge on any atom is -0.297 e. The molecule has 1 aliphatic heterocycles. The molecular formula is C10H16ClN3. The molecule has 1 unspecified atom stereocenters. The quantitative estimate of drug-likeness (QED) is 0.710. The molecule has 1 aromatic rings. The van der Waals surface area contributed by atoms with Crippen LogP contribution in [-0.4, -0.2) is 33.6 Å². The van der Waals surface area contributed by atoms with Crippen molar-refractivity contribution in [2.75, 3.05) is 19.0 Å². The number of nitrogens with zero attached hydrogens (tertiary/aromatic N) is 3. The number of alkyl halides is 1. The molecule has 1 atom stereocenters. The Kier molecular flexibility index (Phi) is 3.08. The zero-order chi connectivity index (χ0) is 9.97. The summed E-state index contributed by atoms with van der Waals surface area (Å²) in [6.07, 6.45) is 3.22. The molecule has 3 nitrogen and oxygen atoms in total. The second-order valence-corrected chi connectivity index (χ2v) is 4.33. The molecule has 0 amide bonds. The maximum atomic E-state index is 5.83. The molecule has 4 heteroatoms. The van der Waals surface area contributed by atoms with E-state index >= 15 is 0 Å². The predicted octanol–water partition coefficient (Wildman–Crippen LogP) is 1.48. The lowest BCUT2D eigenvalue weighted by Gasteiger charge is -2.13. The van der Waals surface area contributed by atoms with Gasteiger partial charge in [-0.05, 0) is 24.9 Å². The van der Waals surface area contributed by atoms with Crippen molar-refractivity contribution in [1.82, 2.24) is 14.7 Å². The van der Waals surface area contributed by atoms with E-state index in [0.29, 0.717) is 5.92 Å². The standard InChI is InChI=1S/C10H16ClN3/c1-13-4-3-10(12-13)8-14-5-2-9(6-11)7-14/h3-4,9H,2,5-8H2,1H3. The SMILES string of the molecule is Cn1ccc(CN2CCC(CCl)C2)n1. The number of hydrogen-bond acceptors (Lipinski definition) is 2. The maximum absolute atomic E-state index is 5.83. The number of hydrogen-bond donors (Lipinski definition) is 0. The summed E-state index contributed by atoms with van der Waals surface area (Å²) in [6.45, 7) is 3.25. The van der Waals surface area contributed by atoms with E-state index in [9.17, 15) is 0 Å². The minimum atomic E-state index is 0.681. The van der Waals surface area contributed by atoms with Crippen molar-refractivity contribution in [2.24, 2.45) is 13.0 Å². The van der Waals surface area contributed by atoms with Gasteiger partial charge in [0.1, 0.15) is 0 Å². The predicted molar refractivity (Wildman–Crippen MR) is 57.3 cm³/mol. The van der Waals surface area contributed by atoms with E-state index in [0.717, 1.165) is 31.2 Å². The maximum Gasteiger partial charge on any atom is 0.0764 e. The lowest BCUT2D eigenvalue weighted by atomic mass is 10.2. The molecule has 1 fully saturated rings. The van der Waals surface area contributed by atoms with Crippen LogP contribution >= 0.6 is 11.6 Å². The molecular weight excluding hydrogens is 198 g/mol. The van der Waals surface area contributed by atoms with E-state index in [1.807, 2.05) is 17.9 Å². The molecule has 78 valence electrons. The first-order valence-electron chi connectivity index (χ1n) is 5.05. The first-order valence-corrected chi connectivity index (χ1v) is 5.58. The molecule has 0 saturated carbocycles. The number of likely N-dealkylation sites (tertiary alicyclic amines) is 1. The second-order valence-electron chi connectivity index (χ2n) is 4.02. The normalized spacial score (nSPS) is 23.1. The van der Waals surface area contributed by atoms with Gasteiger partial charge in [-0.25, -0.2) is 0 Å². The number of aryl methyl sites for hydroxylation is 1. The molecule has 2 rings (SSSR count). The van der Waals surface area contributed by atoms with Crippen LogP contribution in [0.4, 0.5) is 0 Å². The topological polar surface area (TPSA) is 21.1 Å². The summed E-state index contributed by atoms with van der Waals surface area (Å²) in [5, 5.41) is 4.37. The molecule has 0 aromatic carbocycles. The van der Waals surface area contributed by atoms with Crippen LogP contribution in [0.15, 0.2) is 12.3 Å². The van der Waals surface area contributed by atoms with Gasteiger partial charge in [-0.3, -0.25) is 9.58 Å². The Hall–Kier alpha value is -0.540. The molecule has 0 spiro atoms. The van der Waals surface area contributed by atoms with Crippen molar-refractivity contribution < 1.29 is 0 Å². The van der Waals surface area contributed by atoms with E-state index in [4.69, 9.17) is 11.6 Å². The Morgan fingerprint density at radius 1 is 1.64 bits per heavy atom. The summed E-state index contributed by atoms with van der Waals surface area (Å²) in [4.78, 5) is 2.43. The van der Waals surface area contributed by atoms with E-state index in [1.54, 1.807) is 0 Å². The Morgan fingerprint density at radius 3 is 3.07 bits per heavy atom. The van der Waals surface area contributed by atoms with Crippen molar-refractivity contribution in [2.45, 2.75) is 13.0 Å². The van der Waals surface area contributed by atoms with E-state index in [1.165, 1.54) is 6.42 Å². The highest BCUT2D eigenvalue weighted by Crippen LogP contribution is 2.18. The number of halogens is 1. The van der Waals surface area contributed by atoms with Gasteiger partial charge in [0, 0.05) is 32.2 Å². The lowest BCUT2D eigenvalue weighted by molar-refractivity contribution is 0.316. The van der Waals surface area contributed by atoms with Crippen LogP contribution in [0.2, 0.25) is 0 Å². The van der Waals surface area contributed by atoms with Crippen molar-refractivity contribution in [1.29, 1.82) is 0 Å². The summed E-state index contributed by atoms with van der Waals surface area (Å²) >= 11 is 5.83. The van der Waals surface area contributed by atoms with Gasteiger partial charge in [-0.1, -0.05) is 0 Å². The van der Waals surface area contributed by atoms with Gasteiger partial charge in [0.2, 0.25) is 0 Å². The third kappa shape index (κ3) is 2.28. The lowest BCUT2D eigenvalue weighted by Crippen LogP contribution is -2.20. The molecule has 14 heavy (non-hydrogen) atoms. The van der Waals surface area contributed by atoms with Crippen LogP contribution in [0.5, 0.6) is 0 Å². The second kappa shape index (κ2) is 4.32. The molecule has 0 N–H and O–H groups in total. The molecule has 0 bridgehead atoms. The van der Waals surface area contributed by atoms with Crippen molar-refractivity contribution in [3.63, 3.8) is 0 Å². The van der Waals surface area contributed by atoms with Gasteiger partial charge in [0.15, 0.2) is 0 Å². The molecule has 0 aliphatic carbocycles. The Bertz CT molecular complexity index is 297. The summed E-state index contributed by atoms with van der Waals surface area (Å²) < 4.78 is 1.85. The molecule has 0 radical (unpaired) electrons. The largest absolute Gasteiger partial charge is 0.297 e. The third-order valence-electron chi connectivity index (χ3n) is 2.74. The van der Waals surface area contributed by atoms with E-state index in [2.05, 4.69) is 16.1 Å². The zero-order valence-electron chi connectivity index (χ0n) is 8.49. The third-order valence-corrected chi connectivity index (χ3v) is 3.18. The number of aromatic nitrogens is 2. The fraction of sp³-hybridized carbons (Fsp3) is 0.700. The molecule has 1 aliphatic rings. The van der Waals surface area contributed by atoms with Gasteiger partial charge >= 0.3 is 0 Å². The first kappa shape index (κ1) is 9.99. The number of rotatable bonds is 3. The van der Waals surface area contributed by atoms with Gasteiger partial charge in [-0.2, -0.15) is 5.10 Å². The summed E-state index contributed by atoms with van der Waals surface area (Å²) in [5.74, 6) is 1.47. The van der Waals surface area contributed by atoms with Crippen molar-refractivity contribution in [3.8, 4) is 0 Å². The van der Waals surface area contributed by atoms with Gasteiger partial charge in [-0.15, -0.1) is 11.6 Å². The van der Waals surface area contributed by atoms with E-state index < -0.39 is 0 Å². The summed E-state index contributed by atoms with van der Waals surface area (Å²) in [6, 6.07) is 2.08. The Labute approximate surface area is 89.7 Å². The van der Waals surface area contributed by atoms with Crippen molar-refractivity contribution >= 4 is 11.6 Å². The highest BCUT2D eigenvalue weighted by molar-refractivity contribution is 6.18. The van der Waals surface area contributed by atoms with Gasteiger partial charge in [0.25, 0.3) is 0 Å². The van der Waals surface area contributed by atoms with Crippen molar-refractivity contribution in [3.05, 3.63) is 18.0 Å². The fourth-order valence-electron chi connectivity index (χ4n) is 1.96. The van der Waals surface area contributed by atoms with E-state index in [-0.39, 0.29) is 0 Å². The Morgan fingerprint density at radius 2 is 2.50 bits per heavy atom. The van der Waals surface area contributed by atoms with Crippen LogP contribution in [0, 0.1) is 5.92 Å². The Balaban J connectivity index is 1.87. The monoisotopic (exact) mass is 213 g/mol. The van der Waals surface area contributed by atoms with Gasteiger partial charge in [0.05, 0.1) is 5.69 Å². The summed E-state index contributed by atoms with van der Waals surface area (Å²) in [5.41, 5.74) is 1.16. The highest BCUT2D eigenvalue weighted by Gasteiger charge is 2.21. The van der Waals surface area contributed by atoms with Crippen LogP contribution in [0.3, 0.4) is 0 Å². The van der Waals surface area contributed by atoms with Crippen LogP contribution in [0.25, 0.3) is 0 Å². The fourth-order valence-corrected chi connectivity index (χ4v) is 2.21. The van der Waals surface area contributed by atoms with Crippen LogP contribution < -0.4 is 0 Å². The molecule has 1 saturated heterocycles. The van der Waals surface area contributed by atoms with Gasteiger partial charge < -0.3 is 0 Å². The molecule has 1 aromatic heterocycles. The van der Waals surface area contributed by atoms with Crippen LogP contribution in [0.1, 0.15) is 12.1 Å². The first-order chi connectivity index (χ1) is 6.78. The average Bonchev–Trinajstić information content (AvgIpc) is 2.76. The smallest absolute Gasteiger partial charge is 0.0764 e. The average molecular weight is 214 g/mol. The summed E-state index contributed by atoms with van der Waals surface area (Å²) in [7, 11) is 1.95. The molecule has 2 heterocycles. The highest BCUT2D eigenvalue weighted by atomic mass is 35.5. The minimum absolute atomic E-state index is 0.681.